The number of rotatable bonds is 7. The molecule has 0 saturated carbocycles. The summed E-state index contributed by atoms with van der Waals surface area (Å²) in [5.74, 6) is 2.07. The normalized spacial score (nSPS) is 10.6. The molecular weight excluding hydrogens is 214 g/mol. The number of nitrogen functional groups attached to an aromatic ring is 1. The lowest BCUT2D eigenvalue weighted by Gasteiger charge is -2.13. The van der Waals surface area contributed by atoms with Crippen LogP contribution >= 0.6 is 0 Å². The monoisotopic (exact) mass is 237 g/mol. The summed E-state index contributed by atoms with van der Waals surface area (Å²) in [5, 5.41) is 0. The molecule has 0 saturated heterocycles. The molecule has 17 heavy (non-hydrogen) atoms. The summed E-state index contributed by atoms with van der Waals surface area (Å²) in [4.78, 5) is 0. The van der Waals surface area contributed by atoms with Crippen molar-refractivity contribution in [3.05, 3.63) is 18.2 Å². The minimum absolute atomic E-state index is 0.602. The highest BCUT2D eigenvalue weighted by Crippen LogP contribution is 2.31. The summed E-state index contributed by atoms with van der Waals surface area (Å²) in [6.45, 7) is 7.79. The number of ether oxygens (including phenoxy) is 2. The van der Waals surface area contributed by atoms with Gasteiger partial charge in [0.1, 0.15) is 17.2 Å². The molecule has 0 fully saturated rings. The average molecular weight is 237 g/mol. The second-order valence-corrected chi connectivity index (χ2v) is 4.55. The van der Waals surface area contributed by atoms with Crippen LogP contribution < -0.4 is 15.2 Å². The molecule has 1 aromatic rings. The van der Waals surface area contributed by atoms with Gasteiger partial charge < -0.3 is 15.2 Å². The summed E-state index contributed by atoms with van der Waals surface area (Å²) in [5.41, 5.74) is 6.59. The molecule has 96 valence electrons. The highest BCUT2D eigenvalue weighted by Gasteiger charge is 2.07. The summed E-state index contributed by atoms with van der Waals surface area (Å²) in [6.07, 6.45) is 2.00. The molecule has 0 aliphatic heterocycles. The van der Waals surface area contributed by atoms with Crippen LogP contribution in [-0.2, 0) is 0 Å². The molecule has 0 aromatic heterocycles. The molecule has 3 heteroatoms. The quantitative estimate of drug-likeness (QED) is 0.738. The maximum atomic E-state index is 5.99. The lowest BCUT2D eigenvalue weighted by atomic mass is 10.1. The molecule has 1 aromatic carbocycles. The van der Waals surface area contributed by atoms with E-state index in [4.69, 9.17) is 15.2 Å². The van der Waals surface area contributed by atoms with Crippen molar-refractivity contribution < 1.29 is 9.47 Å². The molecule has 0 amide bonds. The van der Waals surface area contributed by atoms with Gasteiger partial charge >= 0.3 is 0 Å². The Balaban J connectivity index is 2.59. The number of hydrogen-bond acceptors (Lipinski definition) is 3. The molecular formula is C14H23NO2. The number of hydrogen-bond donors (Lipinski definition) is 1. The second-order valence-electron chi connectivity index (χ2n) is 4.55. The van der Waals surface area contributed by atoms with E-state index in [1.807, 2.05) is 18.2 Å². The SMILES string of the molecule is CCCOc1cccc(OCCC(C)C)c1N. The van der Waals surface area contributed by atoms with Gasteiger partial charge in [-0.1, -0.05) is 26.8 Å². The highest BCUT2D eigenvalue weighted by atomic mass is 16.5. The minimum Gasteiger partial charge on any atom is -0.491 e. The lowest BCUT2D eigenvalue weighted by molar-refractivity contribution is 0.286. The number of benzene rings is 1. The van der Waals surface area contributed by atoms with E-state index in [1.54, 1.807) is 0 Å². The van der Waals surface area contributed by atoms with Gasteiger partial charge in [-0.15, -0.1) is 0 Å². The van der Waals surface area contributed by atoms with Gasteiger partial charge in [0.15, 0.2) is 0 Å². The smallest absolute Gasteiger partial charge is 0.146 e. The van der Waals surface area contributed by atoms with Gasteiger partial charge in [0.2, 0.25) is 0 Å². The third-order valence-corrected chi connectivity index (χ3v) is 2.44. The third kappa shape index (κ3) is 4.55. The minimum atomic E-state index is 0.602. The maximum absolute atomic E-state index is 5.99. The van der Waals surface area contributed by atoms with Crippen molar-refractivity contribution in [2.24, 2.45) is 5.92 Å². The molecule has 1 rings (SSSR count). The molecule has 2 N–H and O–H groups in total. The van der Waals surface area contributed by atoms with Crippen LogP contribution in [0.4, 0.5) is 5.69 Å². The molecule has 0 unspecified atom stereocenters. The lowest BCUT2D eigenvalue weighted by Crippen LogP contribution is -2.05. The van der Waals surface area contributed by atoms with Crippen molar-refractivity contribution in [2.75, 3.05) is 18.9 Å². The first-order valence-corrected chi connectivity index (χ1v) is 6.29. The molecule has 0 heterocycles. The van der Waals surface area contributed by atoms with E-state index in [2.05, 4.69) is 20.8 Å². The van der Waals surface area contributed by atoms with Crippen LogP contribution in [0.2, 0.25) is 0 Å². The molecule has 0 bridgehead atoms. The van der Waals surface area contributed by atoms with E-state index in [1.165, 1.54) is 0 Å². The largest absolute Gasteiger partial charge is 0.491 e. The van der Waals surface area contributed by atoms with Gasteiger partial charge in [0.25, 0.3) is 0 Å². The maximum Gasteiger partial charge on any atom is 0.146 e. The summed E-state index contributed by atoms with van der Waals surface area (Å²) < 4.78 is 11.2. The Bertz CT molecular complexity index is 337. The predicted octanol–water partition coefficient (Wildman–Crippen LogP) is 3.48. The predicted molar refractivity (Wildman–Crippen MR) is 71.6 cm³/mol. The molecule has 0 atom stereocenters. The molecule has 0 spiro atoms. The molecule has 3 nitrogen and oxygen atoms in total. The van der Waals surface area contributed by atoms with E-state index in [-0.39, 0.29) is 0 Å². The molecule has 0 radical (unpaired) electrons. The first-order chi connectivity index (χ1) is 8.15. The Morgan fingerprint density at radius 1 is 1.12 bits per heavy atom. The van der Waals surface area contributed by atoms with E-state index < -0.39 is 0 Å². The van der Waals surface area contributed by atoms with Gasteiger partial charge in [0, 0.05) is 0 Å². The van der Waals surface area contributed by atoms with Gasteiger partial charge in [-0.2, -0.15) is 0 Å². The van der Waals surface area contributed by atoms with Crippen LogP contribution in [0.3, 0.4) is 0 Å². The third-order valence-electron chi connectivity index (χ3n) is 2.44. The zero-order chi connectivity index (χ0) is 12.7. The van der Waals surface area contributed by atoms with Gasteiger partial charge in [-0.3, -0.25) is 0 Å². The number of anilines is 1. The number of para-hydroxylation sites is 1. The fourth-order valence-corrected chi connectivity index (χ4v) is 1.39. The highest BCUT2D eigenvalue weighted by molar-refractivity contribution is 5.62. The van der Waals surface area contributed by atoms with Crippen molar-refractivity contribution in [3.8, 4) is 11.5 Å². The van der Waals surface area contributed by atoms with E-state index in [0.29, 0.717) is 30.6 Å². The number of nitrogens with two attached hydrogens (primary N) is 1. The van der Waals surface area contributed by atoms with Crippen molar-refractivity contribution >= 4 is 5.69 Å². The van der Waals surface area contributed by atoms with Gasteiger partial charge in [-0.25, -0.2) is 0 Å². The van der Waals surface area contributed by atoms with Crippen molar-refractivity contribution in [2.45, 2.75) is 33.6 Å². The Morgan fingerprint density at radius 2 is 1.71 bits per heavy atom. The first kappa shape index (κ1) is 13.7. The molecule has 0 aliphatic carbocycles. The van der Waals surface area contributed by atoms with Crippen LogP contribution in [0, 0.1) is 5.92 Å². The van der Waals surface area contributed by atoms with Crippen molar-refractivity contribution in [3.63, 3.8) is 0 Å². The summed E-state index contributed by atoms with van der Waals surface area (Å²) in [6, 6.07) is 5.67. The second kappa shape index (κ2) is 7.05. The average Bonchev–Trinajstić information content (AvgIpc) is 2.29. The van der Waals surface area contributed by atoms with Crippen LogP contribution in [-0.4, -0.2) is 13.2 Å². The van der Waals surface area contributed by atoms with Crippen LogP contribution in [0.25, 0.3) is 0 Å². The standard InChI is InChI=1S/C14H23NO2/c1-4-9-16-12-6-5-7-13(14(12)15)17-10-8-11(2)3/h5-7,11H,4,8-10,15H2,1-3H3. The van der Waals surface area contributed by atoms with E-state index >= 15 is 0 Å². The zero-order valence-electron chi connectivity index (χ0n) is 11.0. The Hall–Kier alpha value is -1.38. The van der Waals surface area contributed by atoms with E-state index in [0.717, 1.165) is 18.6 Å². The van der Waals surface area contributed by atoms with E-state index in [9.17, 15) is 0 Å². The van der Waals surface area contributed by atoms with Gasteiger partial charge in [0.05, 0.1) is 13.2 Å². The fourth-order valence-electron chi connectivity index (χ4n) is 1.39. The topological polar surface area (TPSA) is 44.5 Å². The van der Waals surface area contributed by atoms with Crippen LogP contribution in [0.15, 0.2) is 18.2 Å². The van der Waals surface area contributed by atoms with Crippen LogP contribution in [0.5, 0.6) is 11.5 Å². The fraction of sp³-hybridized carbons (Fsp3) is 0.571. The zero-order valence-corrected chi connectivity index (χ0v) is 11.0. The summed E-state index contributed by atoms with van der Waals surface area (Å²) >= 11 is 0. The van der Waals surface area contributed by atoms with Gasteiger partial charge in [-0.05, 0) is 30.9 Å². The van der Waals surface area contributed by atoms with Crippen molar-refractivity contribution in [1.82, 2.24) is 0 Å². The Kier molecular flexibility index (Phi) is 5.67. The van der Waals surface area contributed by atoms with Crippen LogP contribution in [0.1, 0.15) is 33.6 Å². The Morgan fingerprint density at radius 3 is 2.24 bits per heavy atom. The summed E-state index contributed by atoms with van der Waals surface area (Å²) in [7, 11) is 0. The Labute approximate surface area is 104 Å². The molecule has 0 aliphatic rings. The first-order valence-electron chi connectivity index (χ1n) is 6.29. The van der Waals surface area contributed by atoms with Crippen molar-refractivity contribution in [1.29, 1.82) is 0 Å².